The van der Waals surface area contributed by atoms with Gasteiger partial charge in [0.1, 0.15) is 0 Å². The van der Waals surface area contributed by atoms with Crippen molar-refractivity contribution in [2.45, 2.75) is 32.2 Å². The molecule has 2 aliphatic heterocycles. The molecule has 0 radical (unpaired) electrons. The molecule has 3 rings (SSSR count). The molecule has 23 heavy (non-hydrogen) atoms. The van der Waals surface area contributed by atoms with Gasteiger partial charge in [-0.05, 0) is 49.5 Å². The minimum atomic E-state index is 0.188. The van der Waals surface area contributed by atoms with Crippen molar-refractivity contribution in [2.75, 3.05) is 32.7 Å². The van der Waals surface area contributed by atoms with E-state index in [0.717, 1.165) is 51.0 Å². The maximum atomic E-state index is 13.0. The van der Waals surface area contributed by atoms with Crippen LogP contribution in [-0.4, -0.2) is 54.5 Å². The van der Waals surface area contributed by atoms with Crippen molar-refractivity contribution < 1.29 is 4.79 Å². The molecule has 2 aliphatic rings. The van der Waals surface area contributed by atoms with Crippen LogP contribution < -0.4 is 5.73 Å². The molecule has 0 aliphatic carbocycles. The highest BCUT2D eigenvalue weighted by atomic mass is 16.2. The van der Waals surface area contributed by atoms with Crippen molar-refractivity contribution in [3.05, 3.63) is 47.0 Å². The number of nitrogens with two attached hydrogens (primary N) is 1. The smallest absolute Gasteiger partial charge is 0.254 e. The van der Waals surface area contributed by atoms with Gasteiger partial charge >= 0.3 is 0 Å². The second-order valence-electron chi connectivity index (χ2n) is 6.43. The van der Waals surface area contributed by atoms with Gasteiger partial charge in [-0.1, -0.05) is 31.2 Å². The first kappa shape index (κ1) is 16.2. The standard InChI is InChI=1S/C19H27N3O/c1-2-21-12-5-8-16(14-21)22-13-10-17-15(7-4-11-20)6-3-9-18(17)19(22)23/h3,5-6,8-9,16H,2,4,7,10-14,20H2,1H3. The lowest BCUT2D eigenvalue weighted by atomic mass is 9.91. The molecule has 1 atom stereocenters. The minimum Gasteiger partial charge on any atom is -0.331 e. The Hall–Kier alpha value is -1.65. The van der Waals surface area contributed by atoms with Crippen LogP contribution in [-0.2, 0) is 12.8 Å². The summed E-state index contributed by atoms with van der Waals surface area (Å²) >= 11 is 0. The number of hydrogen-bond donors (Lipinski definition) is 1. The highest BCUT2D eigenvalue weighted by molar-refractivity contribution is 5.97. The van der Waals surface area contributed by atoms with Crippen LogP contribution in [0.15, 0.2) is 30.4 Å². The van der Waals surface area contributed by atoms with E-state index in [1.807, 2.05) is 17.0 Å². The number of carbonyl (C=O) groups excluding carboxylic acids is 1. The van der Waals surface area contributed by atoms with Crippen LogP contribution in [0.2, 0.25) is 0 Å². The maximum absolute atomic E-state index is 13.0. The van der Waals surface area contributed by atoms with Gasteiger partial charge in [-0.3, -0.25) is 9.69 Å². The van der Waals surface area contributed by atoms with Gasteiger partial charge in [-0.15, -0.1) is 0 Å². The Bertz CT molecular complexity index is 596. The Balaban J connectivity index is 1.81. The second-order valence-corrected chi connectivity index (χ2v) is 6.43. The molecular formula is C19H27N3O. The Morgan fingerprint density at radius 1 is 1.35 bits per heavy atom. The van der Waals surface area contributed by atoms with E-state index in [1.54, 1.807) is 0 Å². The monoisotopic (exact) mass is 313 g/mol. The molecule has 4 nitrogen and oxygen atoms in total. The zero-order valence-corrected chi connectivity index (χ0v) is 14.0. The molecular weight excluding hydrogens is 286 g/mol. The average Bonchev–Trinajstić information content (AvgIpc) is 2.60. The third-order valence-corrected chi connectivity index (χ3v) is 5.03. The molecule has 2 heterocycles. The van der Waals surface area contributed by atoms with E-state index in [0.29, 0.717) is 6.54 Å². The summed E-state index contributed by atoms with van der Waals surface area (Å²) in [4.78, 5) is 17.4. The Labute approximate surface area is 138 Å². The van der Waals surface area contributed by atoms with Crippen LogP contribution in [0, 0.1) is 0 Å². The van der Waals surface area contributed by atoms with Crippen LogP contribution in [0.1, 0.15) is 34.8 Å². The number of amides is 1. The first-order valence-electron chi connectivity index (χ1n) is 8.75. The van der Waals surface area contributed by atoms with E-state index >= 15 is 0 Å². The highest BCUT2D eigenvalue weighted by Crippen LogP contribution is 2.26. The van der Waals surface area contributed by atoms with Gasteiger partial charge in [-0.2, -0.15) is 0 Å². The fraction of sp³-hybridized carbons (Fsp3) is 0.526. The molecule has 1 aromatic rings. The largest absolute Gasteiger partial charge is 0.331 e. The van der Waals surface area contributed by atoms with Crippen molar-refractivity contribution in [3.63, 3.8) is 0 Å². The van der Waals surface area contributed by atoms with E-state index < -0.39 is 0 Å². The zero-order valence-electron chi connectivity index (χ0n) is 14.0. The summed E-state index contributed by atoms with van der Waals surface area (Å²) in [7, 11) is 0. The fourth-order valence-electron chi connectivity index (χ4n) is 3.69. The summed E-state index contributed by atoms with van der Waals surface area (Å²) in [6, 6.07) is 6.36. The van der Waals surface area contributed by atoms with Crippen LogP contribution in [0.5, 0.6) is 0 Å². The molecule has 0 bridgehead atoms. The molecule has 124 valence electrons. The lowest BCUT2D eigenvalue weighted by Crippen LogP contribution is -2.50. The lowest BCUT2D eigenvalue weighted by Gasteiger charge is -2.38. The van der Waals surface area contributed by atoms with Crippen LogP contribution in [0.3, 0.4) is 0 Å². The molecule has 0 spiro atoms. The zero-order chi connectivity index (χ0) is 16.2. The summed E-state index contributed by atoms with van der Waals surface area (Å²) < 4.78 is 0. The fourth-order valence-corrected chi connectivity index (χ4v) is 3.69. The van der Waals surface area contributed by atoms with Crippen molar-refractivity contribution >= 4 is 5.91 Å². The van der Waals surface area contributed by atoms with Crippen molar-refractivity contribution in [1.82, 2.24) is 9.80 Å². The molecule has 2 N–H and O–H groups in total. The predicted molar refractivity (Wildman–Crippen MR) is 93.6 cm³/mol. The van der Waals surface area contributed by atoms with E-state index in [9.17, 15) is 4.79 Å². The topological polar surface area (TPSA) is 49.6 Å². The average molecular weight is 313 g/mol. The summed E-state index contributed by atoms with van der Waals surface area (Å²) in [5.74, 6) is 0.188. The van der Waals surface area contributed by atoms with Crippen LogP contribution in [0.25, 0.3) is 0 Å². The minimum absolute atomic E-state index is 0.188. The van der Waals surface area contributed by atoms with Gasteiger partial charge in [0.15, 0.2) is 0 Å². The van der Waals surface area contributed by atoms with Gasteiger partial charge in [-0.25, -0.2) is 0 Å². The Kier molecular flexibility index (Phi) is 5.13. The van der Waals surface area contributed by atoms with E-state index in [-0.39, 0.29) is 11.9 Å². The number of carbonyl (C=O) groups is 1. The molecule has 0 aromatic heterocycles. The second kappa shape index (κ2) is 7.28. The number of nitrogens with zero attached hydrogens (tertiary/aromatic N) is 2. The molecule has 0 saturated carbocycles. The number of hydrogen-bond acceptors (Lipinski definition) is 3. The normalized spacial score (nSPS) is 21.6. The summed E-state index contributed by atoms with van der Waals surface area (Å²) in [5.41, 5.74) is 9.08. The predicted octanol–water partition coefficient (Wildman–Crippen LogP) is 1.84. The number of likely N-dealkylation sites (N-methyl/N-ethyl adjacent to an activating group) is 1. The molecule has 1 amide bonds. The third kappa shape index (κ3) is 3.33. The Morgan fingerprint density at radius 3 is 3.00 bits per heavy atom. The van der Waals surface area contributed by atoms with E-state index in [4.69, 9.17) is 5.73 Å². The number of benzene rings is 1. The van der Waals surface area contributed by atoms with Crippen molar-refractivity contribution in [2.24, 2.45) is 5.73 Å². The van der Waals surface area contributed by atoms with Crippen LogP contribution >= 0.6 is 0 Å². The Morgan fingerprint density at radius 2 is 2.22 bits per heavy atom. The van der Waals surface area contributed by atoms with Crippen molar-refractivity contribution in [3.8, 4) is 0 Å². The van der Waals surface area contributed by atoms with Gasteiger partial charge in [0.2, 0.25) is 0 Å². The van der Waals surface area contributed by atoms with Gasteiger partial charge in [0, 0.05) is 25.2 Å². The van der Waals surface area contributed by atoms with Crippen molar-refractivity contribution in [1.29, 1.82) is 0 Å². The summed E-state index contributed by atoms with van der Waals surface area (Å²) in [6.45, 7) is 6.66. The molecule has 0 fully saturated rings. The molecule has 1 aromatic carbocycles. The molecule has 1 unspecified atom stereocenters. The van der Waals surface area contributed by atoms with Gasteiger partial charge in [0.05, 0.1) is 6.04 Å². The quantitative estimate of drug-likeness (QED) is 0.844. The first-order valence-corrected chi connectivity index (χ1v) is 8.75. The lowest BCUT2D eigenvalue weighted by molar-refractivity contribution is 0.0654. The summed E-state index contributed by atoms with van der Waals surface area (Å²) in [5, 5.41) is 0. The number of rotatable bonds is 5. The maximum Gasteiger partial charge on any atom is 0.254 e. The summed E-state index contributed by atoms with van der Waals surface area (Å²) in [6.07, 6.45) is 7.30. The highest BCUT2D eigenvalue weighted by Gasteiger charge is 2.31. The number of fused-ring (bicyclic) bond motifs is 1. The first-order chi connectivity index (χ1) is 11.2. The number of aryl methyl sites for hydroxylation is 1. The molecule has 4 heteroatoms. The van der Waals surface area contributed by atoms with E-state index in [1.165, 1.54) is 11.1 Å². The van der Waals surface area contributed by atoms with Gasteiger partial charge < -0.3 is 10.6 Å². The SMILES string of the molecule is CCN1CC=CC(N2CCc3c(CCCN)cccc3C2=O)C1. The van der Waals surface area contributed by atoms with Gasteiger partial charge in [0.25, 0.3) is 5.91 Å². The van der Waals surface area contributed by atoms with E-state index in [2.05, 4.69) is 30.0 Å². The van der Waals surface area contributed by atoms with Crippen LogP contribution in [0.4, 0.5) is 0 Å². The third-order valence-electron chi connectivity index (χ3n) is 5.03. The molecule has 0 saturated heterocycles.